The summed E-state index contributed by atoms with van der Waals surface area (Å²) in [6.07, 6.45) is 2.69. The molecule has 28 heavy (non-hydrogen) atoms. The van der Waals surface area contributed by atoms with Crippen LogP contribution in [0.1, 0.15) is 33.4 Å². The fourth-order valence-corrected chi connectivity index (χ4v) is 2.76. The van der Waals surface area contributed by atoms with Crippen molar-refractivity contribution in [2.24, 2.45) is 10.4 Å². The molecule has 0 saturated carbocycles. The highest BCUT2D eigenvalue weighted by Gasteiger charge is 2.24. The Morgan fingerprint density at radius 1 is 1.21 bits per heavy atom. The van der Waals surface area contributed by atoms with Crippen LogP contribution in [0, 0.1) is 11.2 Å². The van der Waals surface area contributed by atoms with Gasteiger partial charge in [0.05, 0.1) is 24.0 Å². The molecular weight excluding hydrogens is 357 g/mol. The number of hydrogen-bond donors (Lipinski definition) is 2. The van der Waals surface area contributed by atoms with Gasteiger partial charge in [0, 0.05) is 32.8 Å². The van der Waals surface area contributed by atoms with Gasteiger partial charge in [-0.05, 0) is 42.7 Å². The van der Waals surface area contributed by atoms with Crippen LogP contribution in [0.3, 0.4) is 0 Å². The number of nitrogens with one attached hydrogen (secondary N) is 2. The van der Waals surface area contributed by atoms with Gasteiger partial charge in [0.2, 0.25) is 0 Å². The third kappa shape index (κ3) is 6.64. The van der Waals surface area contributed by atoms with E-state index in [2.05, 4.69) is 41.5 Å². The molecule has 7 heteroatoms. The topological polar surface area (TPSA) is 63.5 Å². The maximum absolute atomic E-state index is 13.1. The van der Waals surface area contributed by atoms with Gasteiger partial charge >= 0.3 is 0 Å². The van der Waals surface area contributed by atoms with Crippen LogP contribution in [-0.4, -0.2) is 48.6 Å². The second-order valence-electron chi connectivity index (χ2n) is 7.71. The van der Waals surface area contributed by atoms with Crippen molar-refractivity contribution in [1.29, 1.82) is 0 Å². The first-order valence-electron chi connectivity index (χ1n) is 9.69. The molecule has 1 heterocycles. The molecule has 154 valence electrons. The lowest BCUT2D eigenvalue weighted by atomic mass is 9.89. The molecule has 6 nitrogen and oxygen atoms in total. The maximum atomic E-state index is 13.1. The number of halogens is 1. The summed E-state index contributed by atoms with van der Waals surface area (Å²) in [7, 11) is 1.73. The standard InChI is InChI=1S/C21H32FN5O/c1-6-23-20(25-15-19(28-5)21(2,3)4)24-13-11-17-12-14-27(26-17)18-9-7-16(22)8-10-18/h7-10,12,14,19H,6,11,13,15H2,1-5H3,(H2,23,24,25). The van der Waals surface area contributed by atoms with Gasteiger partial charge in [-0.3, -0.25) is 4.99 Å². The van der Waals surface area contributed by atoms with E-state index >= 15 is 0 Å². The number of ether oxygens (including phenoxy) is 1. The van der Waals surface area contributed by atoms with Gasteiger partial charge in [0.25, 0.3) is 0 Å². The number of aromatic nitrogens is 2. The fraction of sp³-hybridized carbons (Fsp3) is 0.524. The summed E-state index contributed by atoms with van der Waals surface area (Å²) in [6, 6.07) is 8.25. The number of rotatable bonds is 8. The first-order valence-corrected chi connectivity index (χ1v) is 9.69. The molecule has 0 saturated heterocycles. The predicted octanol–water partition coefficient (Wildman–Crippen LogP) is 3.17. The molecule has 0 radical (unpaired) electrons. The monoisotopic (exact) mass is 389 g/mol. The van der Waals surface area contributed by atoms with Crippen LogP contribution in [0.15, 0.2) is 41.5 Å². The molecule has 0 aliphatic rings. The van der Waals surface area contributed by atoms with E-state index in [0.717, 1.165) is 30.3 Å². The van der Waals surface area contributed by atoms with Crippen molar-refractivity contribution in [2.75, 3.05) is 26.7 Å². The molecular formula is C21H32FN5O. The minimum Gasteiger partial charge on any atom is -0.379 e. The van der Waals surface area contributed by atoms with Crippen molar-refractivity contribution in [3.05, 3.63) is 48.0 Å². The normalized spacial score (nSPS) is 13.4. The van der Waals surface area contributed by atoms with Gasteiger partial charge in [0.1, 0.15) is 5.82 Å². The van der Waals surface area contributed by atoms with Gasteiger partial charge < -0.3 is 15.4 Å². The zero-order valence-corrected chi connectivity index (χ0v) is 17.5. The Labute approximate surface area is 167 Å². The van der Waals surface area contributed by atoms with E-state index in [4.69, 9.17) is 4.74 Å². The largest absolute Gasteiger partial charge is 0.379 e. The van der Waals surface area contributed by atoms with Crippen LogP contribution in [0.4, 0.5) is 4.39 Å². The predicted molar refractivity (Wildman–Crippen MR) is 111 cm³/mol. The average molecular weight is 390 g/mol. The van der Waals surface area contributed by atoms with Crippen LogP contribution in [0.25, 0.3) is 5.69 Å². The van der Waals surface area contributed by atoms with Crippen molar-refractivity contribution in [1.82, 2.24) is 20.4 Å². The number of nitrogens with zero attached hydrogens (tertiary/aromatic N) is 3. The summed E-state index contributed by atoms with van der Waals surface area (Å²) in [6.45, 7) is 10.6. The fourth-order valence-electron chi connectivity index (χ4n) is 2.76. The van der Waals surface area contributed by atoms with Crippen molar-refractivity contribution >= 4 is 5.96 Å². The van der Waals surface area contributed by atoms with Gasteiger partial charge in [-0.25, -0.2) is 9.07 Å². The maximum Gasteiger partial charge on any atom is 0.191 e. The summed E-state index contributed by atoms with van der Waals surface area (Å²) in [5.41, 5.74) is 1.82. The molecule has 2 rings (SSSR count). The smallest absolute Gasteiger partial charge is 0.191 e. The van der Waals surface area contributed by atoms with Crippen molar-refractivity contribution in [3.8, 4) is 5.69 Å². The quantitative estimate of drug-likeness (QED) is 0.538. The lowest BCUT2D eigenvalue weighted by Crippen LogP contribution is -2.40. The van der Waals surface area contributed by atoms with Crippen molar-refractivity contribution < 1.29 is 9.13 Å². The Morgan fingerprint density at radius 3 is 2.54 bits per heavy atom. The van der Waals surface area contributed by atoms with Gasteiger partial charge in [-0.2, -0.15) is 5.10 Å². The molecule has 0 aliphatic carbocycles. The lowest BCUT2D eigenvalue weighted by molar-refractivity contribution is 0.0241. The average Bonchev–Trinajstić information content (AvgIpc) is 3.10. The summed E-state index contributed by atoms with van der Waals surface area (Å²) in [5.74, 6) is 0.518. The molecule has 0 bridgehead atoms. The van der Waals surface area contributed by atoms with E-state index in [9.17, 15) is 4.39 Å². The van der Waals surface area contributed by atoms with Gasteiger partial charge in [-0.15, -0.1) is 0 Å². The van der Waals surface area contributed by atoms with E-state index in [0.29, 0.717) is 13.1 Å². The van der Waals surface area contributed by atoms with Crippen molar-refractivity contribution in [3.63, 3.8) is 0 Å². The van der Waals surface area contributed by atoms with E-state index in [1.807, 2.05) is 19.2 Å². The summed E-state index contributed by atoms with van der Waals surface area (Å²) in [4.78, 5) is 4.65. The molecule has 0 spiro atoms. The Morgan fingerprint density at radius 2 is 1.93 bits per heavy atom. The first kappa shape index (κ1) is 21.9. The number of methoxy groups -OCH3 is 1. The minimum absolute atomic E-state index is 0.0305. The van der Waals surface area contributed by atoms with Crippen LogP contribution in [-0.2, 0) is 11.2 Å². The number of hydrogen-bond acceptors (Lipinski definition) is 3. The van der Waals surface area contributed by atoms with Crippen molar-refractivity contribution in [2.45, 2.75) is 40.2 Å². The third-order valence-corrected chi connectivity index (χ3v) is 4.42. The molecule has 2 N–H and O–H groups in total. The summed E-state index contributed by atoms with van der Waals surface area (Å²) in [5, 5.41) is 11.1. The van der Waals surface area contributed by atoms with Gasteiger partial charge in [-0.1, -0.05) is 20.8 Å². The van der Waals surface area contributed by atoms with Crippen LogP contribution >= 0.6 is 0 Å². The highest BCUT2D eigenvalue weighted by molar-refractivity contribution is 5.79. The first-order chi connectivity index (χ1) is 13.3. The van der Waals surface area contributed by atoms with Crippen LogP contribution in [0.5, 0.6) is 0 Å². The molecule has 1 aromatic carbocycles. The Balaban J connectivity index is 1.90. The highest BCUT2D eigenvalue weighted by atomic mass is 19.1. The zero-order valence-electron chi connectivity index (χ0n) is 17.5. The molecule has 0 aliphatic heterocycles. The highest BCUT2D eigenvalue weighted by Crippen LogP contribution is 2.21. The third-order valence-electron chi connectivity index (χ3n) is 4.42. The molecule has 1 unspecified atom stereocenters. The Hall–Kier alpha value is -2.41. The van der Waals surface area contributed by atoms with Crippen LogP contribution in [0.2, 0.25) is 0 Å². The second kappa shape index (κ2) is 10.2. The SMILES string of the molecule is CCNC(=NCC(OC)C(C)(C)C)NCCc1ccn(-c2ccc(F)cc2)n1. The lowest BCUT2D eigenvalue weighted by Gasteiger charge is -2.28. The minimum atomic E-state index is -0.252. The number of benzene rings is 1. The van der Waals surface area contributed by atoms with E-state index in [1.54, 1.807) is 23.9 Å². The molecule has 2 aromatic rings. The summed E-state index contributed by atoms with van der Waals surface area (Å²) < 4.78 is 20.4. The molecule has 1 aromatic heterocycles. The number of guanidine groups is 1. The van der Waals surface area contributed by atoms with E-state index < -0.39 is 0 Å². The second-order valence-corrected chi connectivity index (χ2v) is 7.71. The summed E-state index contributed by atoms with van der Waals surface area (Å²) >= 11 is 0. The number of aliphatic imine (C=N–C) groups is 1. The zero-order chi connectivity index (χ0) is 20.6. The van der Waals surface area contributed by atoms with Gasteiger partial charge in [0.15, 0.2) is 5.96 Å². The molecule has 1 atom stereocenters. The molecule has 0 fully saturated rings. The Kier molecular flexibility index (Phi) is 7.99. The van der Waals surface area contributed by atoms with Crippen LogP contribution < -0.4 is 10.6 Å². The van der Waals surface area contributed by atoms with E-state index in [-0.39, 0.29) is 17.3 Å². The van der Waals surface area contributed by atoms with E-state index in [1.165, 1.54) is 12.1 Å². The Bertz CT molecular complexity index is 749. The molecule has 0 amide bonds.